The number of aromatic nitrogens is 3. The van der Waals surface area contributed by atoms with Gasteiger partial charge in [0.25, 0.3) is 0 Å². The van der Waals surface area contributed by atoms with E-state index in [1.165, 1.54) is 0 Å². The fourth-order valence-corrected chi connectivity index (χ4v) is 4.54. The summed E-state index contributed by atoms with van der Waals surface area (Å²) in [4.78, 5) is 11.4. The number of nitrogens with one attached hydrogen (secondary N) is 1. The summed E-state index contributed by atoms with van der Waals surface area (Å²) in [7, 11) is 1.77. The van der Waals surface area contributed by atoms with E-state index < -0.39 is 0 Å². The molecular weight excluding hydrogens is 404 g/mol. The Morgan fingerprint density at radius 1 is 1.44 bits per heavy atom. The largest absolute Gasteiger partial charge is 0.366 e. The van der Waals surface area contributed by atoms with Crippen molar-refractivity contribution in [2.45, 2.75) is 13.8 Å². The lowest BCUT2D eigenvalue weighted by Gasteiger charge is -2.24. The molecule has 2 aliphatic rings. The molecule has 2 fully saturated rings. The molecule has 6 nitrogen and oxygen atoms in total. The van der Waals surface area contributed by atoms with Crippen LogP contribution in [0, 0.1) is 17.3 Å². The van der Waals surface area contributed by atoms with Crippen LogP contribution in [-0.2, 0) is 0 Å². The highest BCUT2D eigenvalue weighted by molar-refractivity contribution is 9.10. The monoisotopic (exact) mass is 428 g/mol. The second kappa shape index (κ2) is 6.78. The first-order valence-corrected chi connectivity index (χ1v) is 10.0. The van der Waals surface area contributed by atoms with Crippen molar-refractivity contribution in [2.75, 3.05) is 36.9 Å². The molecule has 7 heteroatoms. The highest BCUT2D eigenvalue weighted by Gasteiger charge is 2.62. The van der Waals surface area contributed by atoms with Crippen molar-refractivity contribution in [3.63, 3.8) is 0 Å². The van der Waals surface area contributed by atoms with Crippen molar-refractivity contribution >= 4 is 39.4 Å². The summed E-state index contributed by atoms with van der Waals surface area (Å²) in [5, 5.41) is 7.93. The smallest absolute Gasteiger partial charge is 0.173 e. The van der Waals surface area contributed by atoms with Crippen molar-refractivity contribution in [1.82, 2.24) is 14.6 Å². The van der Waals surface area contributed by atoms with Crippen LogP contribution in [0.25, 0.3) is 5.65 Å². The zero-order valence-electron chi connectivity index (χ0n) is 16.0. The predicted molar refractivity (Wildman–Crippen MR) is 115 cm³/mol. The highest BCUT2D eigenvalue weighted by atomic mass is 79.9. The Hall–Kier alpha value is -2.15. The van der Waals surface area contributed by atoms with Crippen LogP contribution in [0.15, 0.2) is 46.0 Å². The number of hydrogen-bond donors (Lipinski definition) is 1. The lowest BCUT2D eigenvalue weighted by molar-refractivity contribution is 0.498. The second-order valence-electron chi connectivity index (χ2n) is 7.88. The van der Waals surface area contributed by atoms with Crippen LogP contribution in [-0.4, -0.2) is 47.5 Å². The topological polar surface area (TPSA) is 57.8 Å². The summed E-state index contributed by atoms with van der Waals surface area (Å²) in [6, 6.07) is 2.10. The molecule has 1 aliphatic carbocycles. The molecule has 2 aromatic rings. The van der Waals surface area contributed by atoms with Gasteiger partial charge < -0.3 is 10.2 Å². The average Bonchev–Trinajstić information content (AvgIpc) is 3.05. The van der Waals surface area contributed by atoms with E-state index in [0.29, 0.717) is 12.0 Å². The van der Waals surface area contributed by atoms with Crippen molar-refractivity contribution in [3.05, 3.63) is 41.0 Å². The standard InChI is InChI=1S/C20H25BrN6/c1-5-6-13(8-22-4)9-23-17-7-18(25-19-16(21)10-24-27(17)19)26-11-14-15(12-26)20(14,2)3/h5-8,10,14-15,23H,1,9,11-12H2,2-4H3/b13-6+,22-8?. The minimum Gasteiger partial charge on any atom is -0.366 e. The average molecular weight is 429 g/mol. The van der Waals surface area contributed by atoms with Gasteiger partial charge in [0.1, 0.15) is 11.6 Å². The summed E-state index contributed by atoms with van der Waals surface area (Å²) in [6.07, 6.45) is 7.35. The molecule has 3 heterocycles. The molecule has 0 spiro atoms. The number of fused-ring (bicyclic) bond motifs is 2. The quantitative estimate of drug-likeness (QED) is 0.561. The molecule has 0 radical (unpaired) electrons. The lowest BCUT2D eigenvalue weighted by atomic mass is 10.1. The van der Waals surface area contributed by atoms with E-state index in [2.05, 4.69) is 62.7 Å². The summed E-state index contributed by atoms with van der Waals surface area (Å²) < 4.78 is 2.73. The van der Waals surface area contributed by atoms with Gasteiger partial charge in [-0.15, -0.1) is 0 Å². The van der Waals surface area contributed by atoms with Gasteiger partial charge in [-0.2, -0.15) is 9.61 Å². The molecule has 142 valence electrons. The van der Waals surface area contributed by atoms with Gasteiger partial charge in [0.05, 0.1) is 10.7 Å². The zero-order valence-corrected chi connectivity index (χ0v) is 17.6. The first-order valence-electron chi connectivity index (χ1n) is 9.22. The summed E-state index contributed by atoms with van der Waals surface area (Å²) in [5.41, 5.74) is 2.37. The Morgan fingerprint density at radius 3 is 2.85 bits per heavy atom. The van der Waals surface area contributed by atoms with Gasteiger partial charge >= 0.3 is 0 Å². The lowest BCUT2D eigenvalue weighted by Crippen LogP contribution is -2.27. The molecule has 0 bridgehead atoms. The number of aliphatic imine (C=N–C) groups is 1. The molecule has 2 unspecified atom stereocenters. The summed E-state index contributed by atoms with van der Waals surface area (Å²) in [5.74, 6) is 3.49. The maximum absolute atomic E-state index is 4.86. The van der Waals surface area contributed by atoms with Crippen LogP contribution in [0.1, 0.15) is 13.8 Å². The van der Waals surface area contributed by atoms with Crippen LogP contribution in [0.3, 0.4) is 0 Å². The fourth-order valence-electron chi connectivity index (χ4n) is 4.19. The minimum atomic E-state index is 0.489. The van der Waals surface area contributed by atoms with E-state index in [-0.39, 0.29) is 0 Å². The molecule has 27 heavy (non-hydrogen) atoms. The Morgan fingerprint density at radius 2 is 2.19 bits per heavy atom. The van der Waals surface area contributed by atoms with Gasteiger partial charge in [-0.05, 0) is 38.8 Å². The molecule has 2 aromatic heterocycles. The Balaban J connectivity index is 1.62. The van der Waals surface area contributed by atoms with E-state index >= 15 is 0 Å². The van der Waals surface area contributed by atoms with Gasteiger partial charge in [-0.25, -0.2) is 4.98 Å². The van der Waals surface area contributed by atoms with Crippen molar-refractivity contribution < 1.29 is 0 Å². The van der Waals surface area contributed by atoms with Gasteiger partial charge in [0.15, 0.2) is 5.65 Å². The van der Waals surface area contributed by atoms with Gasteiger partial charge in [0, 0.05) is 39.0 Å². The number of halogens is 1. The normalized spacial score (nSPS) is 23.9. The van der Waals surface area contributed by atoms with E-state index in [1.807, 2.05) is 16.8 Å². The third kappa shape index (κ3) is 3.18. The number of allylic oxidation sites excluding steroid dienone is 2. The van der Waals surface area contributed by atoms with Crippen molar-refractivity contribution in [3.8, 4) is 0 Å². The number of nitrogens with zero attached hydrogens (tertiary/aromatic N) is 5. The third-order valence-corrected chi connectivity index (χ3v) is 6.52. The van der Waals surface area contributed by atoms with Crippen LogP contribution in [0.4, 0.5) is 11.6 Å². The molecule has 1 N–H and O–H groups in total. The fraction of sp³-hybridized carbons (Fsp3) is 0.450. The van der Waals surface area contributed by atoms with Crippen molar-refractivity contribution in [1.29, 1.82) is 0 Å². The molecule has 4 rings (SSSR count). The highest BCUT2D eigenvalue weighted by Crippen LogP contribution is 2.62. The van der Waals surface area contributed by atoms with E-state index in [1.54, 1.807) is 19.3 Å². The molecule has 0 aromatic carbocycles. The van der Waals surface area contributed by atoms with Gasteiger partial charge in [-0.3, -0.25) is 4.99 Å². The second-order valence-corrected chi connectivity index (χ2v) is 8.74. The number of rotatable bonds is 6. The molecule has 0 amide bonds. The van der Waals surface area contributed by atoms with E-state index in [4.69, 9.17) is 4.98 Å². The predicted octanol–water partition coefficient (Wildman–Crippen LogP) is 3.81. The zero-order chi connectivity index (χ0) is 19.2. The van der Waals surface area contributed by atoms with E-state index in [0.717, 1.165) is 52.3 Å². The van der Waals surface area contributed by atoms with Gasteiger partial charge in [0.2, 0.25) is 0 Å². The van der Waals surface area contributed by atoms with Crippen LogP contribution >= 0.6 is 15.9 Å². The van der Waals surface area contributed by atoms with E-state index in [9.17, 15) is 0 Å². The molecule has 1 aliphatic heterocycles. The maximum Gasteiger partial charge on any atom is 0.173 e. The first kappa shape index (κ1) is 18.2. The minimum absolute atomic E-state index is 0.489. The molecule has 2 atom stereocenters. The van der Waals surface area contributed by atoms with Crippen molar-refractivity contribution in [2.24, 2.45) is 22.2 Å². The Bertz CT molecular complexity index is 927. The van der Waals surface area contributed by atoms with Crippen LogP contribution in [0.2, 0.25) is 0 Å². The summed E-state index contributed by atoms with van der Waals surface area (Å²) >= 11 is 3.57. The molecule has 1 saturated heterocycles. The maximum atomic E-state index is 4.86. The SMILES string of the molecule is C=C/C=C(\C=NC)CNc1cc(N2CC3C(C2)C3(C)C)nc2c(Br)cnn12. The molecular formula is C20H25BrN6. The summed E-state index contributed by atoms with van der Waals surface area (Å²) in [6.45, 7) is 11.3. The van der Waals surface area contributed by atoms with Crippen LogP contribution < -0.4 is 10.2 Å². The third-order valence-electron chi connectivity index (χ3n) is 5.96. The number of anilines is 2. The van der Waals surface area contributed by atoms with Gasteiger partial charge in [-0.1, -0.05) is 32.6 Å². The first-order chi connectivity index (χ1) is 13.0. The van der Waals surface area contributed by atoms with Crippen LogP contribution in [0.5, 0.6) is 0 Å². The number of hydrogen-bond acceptors (Lipinski definition) is 5. The number of piperidine rings is 1. The molecule has 1 saturated carbocycles. The Labute approximate surface area is 168 Å². The Kier molecular flexibility index (Phi) is 4.58.